The van der Waals surface area contributed by atoms with E-state index < -0.39 is 0 Å². The lowest BCUT2D eigenvalue weighted by molar-refractivity contribution is 1.27. The van der Waals surface area contributed by atoms with Gasteiger partial charge in [-0.3, -0.25) is 0 Å². The quantitative estimate of drug-likeness (QED) is 0.211. The molecule has 0 spiro atoms. The van der Waals surface area contributed by atoms with Gasteiger partial charge in [0.2, 0.25) is 0 Å². The Morgan fingerprint density at radius 2 is 0.757 bits per heavy atom. The summed E-state index contributed by atoms with van der Waals surface area (Å²) >= 11 is 0. The zero-order chi connectivity index (χ0) is 25.5. The van der Waals surface area contributed by atoms with Crippen LogP contribution in [0.15, 0.2) is 127 Å². The first-order chi connectivity index (χ1) is 18.2. The van der Waals surface area contributed by atoms with Crippen LogP contribution in [-0.2, 0) is 0 Å². The van der Waals surface area contributed by atoms with Crippen LogP contribution >= 0.6 is 0 Å². The molecule has 1 heteroatoms. The molecule has 5 rings (SSSR count). The van der Waals surface area contributed by atoms with Crippen LogP contribution in [0.4, 0.5) is 17.1 Å². The molecule has 0 atom stereocenters. The second kappa shape index (κ2) is 11.4. The van der Waals surface area contributed by atoms with Crippen molar-refractivity contribution in [3.63, 3.8) is 0 Å². The van der Waals surface area contributed by atoms with E-state index in [2.05, 4.69) is 164 Å². The molecule has 0 bridgehead atoms. The summed E-state index contributed by atoms with van der Waals surface area (Å²) < 4.78 is 0. The van der Waals surface area contributed by atoms with Gasteiger partial charge >= 0.3 is 0 Å². The molecule has 1 nitrogen and oxygen atoms in total. The molecule has 0 aliphatic heterocycles. The lowest BCUT2D eigenvalue weighted by atomic mass is 10.0. The van der Waals surface area contributed by atoms with Crippen molar-refractivity contribution >= 4 is 41.4 Å². The van der Waals surface area contributed by atoms with Gasteiger partial charge in [0.1, 0.15) is 0 Å². The van der Waals surface area contributed by atoms with E-state index in [1.807, 2.05) is 6.07 Å². The van der Waals surface area contributed by atoms with Crippen LogP contribution in [0.1, 0.15) is 33.4 Å². The minimum atomic E-state index is 1.14. The lowest BCUT2D eigenvalue weighted by Gasteiger charge is -2.25. The van der Waals surface area contributed by atoms with Gasteiger partial charge in [0, 0.05) is 17.1 Å². The van der Waals surface area contributed by atoms with Gasteiger partial charge in [0.05, 0.1) is 0 Å². The molecule has 0 saturated carbocycles. The maximum atomic E-state index is 2.30. The van der Waals surface area contributed by atoms with Crippen molar-refractivity contribution in [2.45, 2.75) is 13.8 Å². The highest BCUT2D eigenvalue weighted by atomic mass is 15.1. The molecular weight excluding hydrogens is 446 g/mol. The standard InChI is InChI=1S/C36H31N/c1-28-12-22-34(23-13-28)37(35-24-14-29(2)15-25-35)36-26-18-31(19-27-36)17-21-33-11-7-6-10-32(33)20-16-30-8-4-3-5-9-30/h3-27H,1-2H3. The van der Waals surface area contributed by atoms with Crippen LogP contribution in [0.3, 0.4) is 0 Å². The third-order valence-electron chi connectivity index (χ3n) is 6.44. The third kappa shape index (κ3) is 6.15. The Bertz CT molecular complexity index is 1450. The molecular formula is C36H31N. The van der Waals surface area contributed by atoms with Crippen LogP contribution in [0.5, 0.6) is 0 Å². The summed E-state index contributed by atoms with van der Waals surface area (Å²) in [5, 5.41) is 0. The van der Waals surface area contributed by atoms with E-state index in [1.165, 1.54) is 33.4 Å². The monoisotopic (exact) mass is 477 g/mol. The number of nitrogens with zero attached hydrogens (tertiary/aromatic N) is 1. The molecule has 0 saturated heterocycles. The fraction of sp³-hybridized carbons (Fsp3) is 0.0556. The Labute approximate surface area is 220 Å². The molecule has 0 heterocycles. The van der Waals surface area contributed by atoms with Gasteiger partial charge in [-0.05, 0) is 72.5 Å². The minimum Gasteiger partial charge on any atom is -0.311 e. The summed E-state index contributed by atoms with van der Waals surface area (Å²) in [7, 11) is 0. The second-order valence-corrected chi connectivity index (χ2v) is 9.30. The molecule has 0 radical (unpaired) electrons. The molecule has 0 unspecified atom stereocenters. The molecule has 5 aromatic rings. The smallest absolute Gasteiger partial charge is 0.0462 e. The zero-order valence-electron chi connectivity index (χ0n) is 21.4. The fourth-order valence-corrected chi connectivity index (χ4v) is 4.32. The van der Waals surface area contributed by atoms with Gasteiger partial charge in [-0.25, -0.2) is 0 Å². The summed E-state index contributed by atoms with van der Waals surface area (Å²) in [5.41, 5.74) is 10.7. The first kappa shape index (κ1) is 24.1. The predicted molar refractivity (Wildman–Crippen MR) is 161 cm³/mol. The Morgan fingerprint density at radius 1 is 0.378 bits per heavy atom. The van der Waals surface area contributed by atoms with Gasteiger partial charge in [-0.1, -0.05) is 126 Å². The van der Waals surface area contributed by atoms with E-state index in [1.54, 1.807) is 0 Å². The zero-order valence-corrected chi connectivity index (χ0v) is 21.4. The van der Waals surface area contributed by atoms with E-state index in [-0.39, 0.29) is 0 Å². The van der Waals surface area contributed by atoms with Gasteiger partial charge in [0.15, 0.2) is 0 Å². The molecule has 37 heavy (non-hydrogen) atoms. The van der Waals surface area contributed by atoms with Crippen LogP contribution in [-0.4, -0.2) is 0 Å². The summed E-state index contributed by atoms with van der Waals surface area (Å²) in [6.07, 6.45) is 8.71. The van der Waals surface area contributed by atoms with Crippen molar-refractivity contribution in [1.82, 2.24) is 0 Å². The predicted octanol–water partition coefficient (Wildman–Crippen LogP) is 10.1. The third-order valence-corrected chi connectivity index (χ3v) is 6.44. The number of hydrogen-bond donors (Lipinski definition) is 0. The number of anilines is 3. The number of aryl methyl sites for hydroxylation is 2. The van der Waals surface area contributed by atoms with Gasteiger partial charge < -0.3 is 4.90 Å². The molecule has 0 amide bonds. The van der Waals surface area contributed by atoms with Crippen molar-refractivity contribution in [1.29, 1.82) is 0 Å². The molecule has 0 aliphatic rings. The van der Waals surface area contributed by atoms with E-state index in [4.69, 9.17) is 0 Å². The maximum Gasteiger partial charge on any atom is 0.0462 e. The van der Waals surface area contributed by atoms with E-state index in [0.717, 1.165) is 17.1 Å². The summed E-state index contributed by atoms with van der Waals surface area (Å²) in [4.78, 5) is 2.30. The number of hydrogen-bond acceptors (Lipinski definition) is 1. The summed E-state index contributed by atoms with van der Waals surface area (Å²) in [5.74, 6) is 0. The SMILES string of the molecule is Cc1ccc(N(c2ccc(C)cc2)c2ccc(C=Cc3ccccc3C=Cc3ccccc3)cc2)cc1. The van der Waals surface area contributed by atoms with E-state index >= 15 is 0 Å². The molecule has 180 valence electrons. The normalized spacial score (nSPS) is 11.3. The molecule has 0 N–H and O–H groups in total. The average molecular weight is 478 g/mol. The van der Waals surface area contributed by atoms with Gasteiger partial charge in [-0.15, -0.1) is 0 Å². The van der Waals surface area contributed by atoms with Crippen LogP contribution in [0.2, 0.25) is 0 Å². The molecule has 0 aliphatic carbocycles. The first-order valence-electron chi connectivity index (χ1n) is 12.7. The number of benzene rings is 5. The van der Waals surface area contributed by atoms with Crippen molar-refractivity contribution < 1.29 is 0 Å². The largest absolute Gasteiger partial charge is 0.311 e. The first-order valence-corrected chi connectivity index (χ1v) is 12.7. The molecule has 0 fully saturated rings. The topological polar surface area (TPSA) is 3.24 Å². The van der Waals surface area contributed by atoms with Crippen LogP contribution < -0.4 is 4.90 Å². The Kier molecular flexibility index (Phi) is 7.43. The van der Waals surface area contributed by atoms with Crippen molar-refractivity contribution in [2.75, 3.05) is 4.90 Å². The Balaban J connectivity index is 1.40. The lowest BCUT2D eigenvalue weighted by Crippen LogP contribution is -2.09. The highest BCUT2D eigenvalue weighted by Crippen LogP contribution is 2.35. The Morgan fingerprint density at radius 3 is 1.22 bits per heavy atom. The van der Waals surface area contributed by atoms with Crippen molar-refractivity contribution in [3.8, 4) is 0 Å². The minimum absolute atomic E-state index is 1.14. The fourth-order valence-electron chi connectivity index (χ4n) is 4.32. The van der Waals surface area contributed by atoms with Crippen molar-refractivity contribution in [3.05, 3.63) is 161 Å². The Hall–Kier alpha value is -4.62. The highest BCUT2D eigenvalue weighted by molar-refractivity contribution is 5.81. The van der Waals surface area contributed by atoms with Gasteiger partial charge in [0.25, 0.3) is 0 Å². The maximum absolute atomic E-state index is 2.30. The number of rotatable bonds is 7. The van der Waals surface area contributed by atoms with Crippen LogP contribution in [0.25, 0.3) is 24.3 Å². The highest BCUT2D eigenvalue weighted by Gasteiger charge is 2.12. The summed E-state index contributed by atoms with van der Waals surface area (Å²) in [6.45, 7) is 4.24. The molecule has 0 aromatic heterocycles. The van der Waals surface area contributed by atoms with Crippen molar-refractivity contribution in [2.24, 2.45) is 0 Å². The van der Waals surface area contributed by atoms with E-state index in [9.17, 15) is 0 Å². The average Bonchev–Trinajstić information content (AvgIpc) is 2.95. The van der Waals surface area contributed by atoms with E-state index in [0.29, 0.717) is 0 Å². The summed E-state index contributed by atoms with van der Waals surface area (Å²) in [6, 6.07) is 45.0. The van der Waals surface area contributed by atoms with Crippen LogP contribution in [0, 0.1) is 13.8 Å². The van der Waals surface area contributed by atoms with Gasteiger partial charge in [-0.2, -0.15) is 0 Å². The second-order valence-electron chi connectivity index (χ2n) is 9.30. The molecule has 5 aromatic carbocycles.